The highest BCUT2D eigenvalue weighted by Crippen LogP contribution is 2.56. The third kappa shape index (κ3) is 11.7. The predicted octanol–water partition coefficient (Wildman–Crippen LogP) is 23.0. The molecule has 0 atom stereocenters. The Morgan fingerprint density at radius 2 is 0.330 bits per heavy atom. The van der Waals surface area contributed by atoms with Gasteiger partial charge in [0.05, 0.1) is 0 Å². The maximum Gasteiger partial charge on any atom is 0.0249 e. The Bertz CT molecular complexity index is 4420. The fraction of sp³-hybridized carbons (Fsp3) is 0.0682. The van der Waals surface area contributed by atoms with Gasteiger partial charge in [-0.05, 0) is 224 Å². The van der Waals surface area contributed by atoms with Crippen LogP contribution in [-0.4, -0.2) is 0 Å². The van der Waals surface area contributed by atoms with E-state index in [2.05, 4.69) is 296 Å². The summed E-state index contributed by atoms with van der Waals surface area (Å²) in [6, 6.07) is 106. The zero-order valence-corrected chi connectivity index (χ0v) is 50.7. The predicted molar refractivity (Wildman–Crippen MR) is 374 cm³/mol. The lowest BCUT2D eigenvalue weighted by Gasteiger charge is -2.29. The van der Waals surface area contributed by atoms with Crippen molar-refractivity contribution >= 4 is 0 Å². The summed E-state index contributed by atoms with van der Waals surface area (Å²) >= 11 is 0. The molecule has 0 radical (unpaired) electrons. The molecule has 13 aromatic rings. The van der Waals surface area contributed by atoms with Gasteiger partial charge in [0.15, 0.2) is 0 Å². The average molecular weight is 1120 g/mol. The number of rotatable bonds is 10. The van der Waals surface area contributed by atoms with Crippen LogP contribution in [0, 0.1) is 65.2 Å². The van der Waals surface area contributed by atoms with Crippen molar-refractivity contribution in [2.45, 2.75) is 41.5 Å². The Labute approximate surface area is 520 Å². The Morgan fingerprint density at radius 3 is 0.568 bits per heavy atom. The largest absolute Gasteiger partial charge is 0.0622 e. The van der Waals surface area contributed by atoms with Gasteiger partial charge >= 0.3 is 0 Å². The van der Waals surface area contributed by atoms with Gasteiger partial charge in [-0.3, -0.25) is 0 Å². The van der Waals surface area contributed by atoms with E-state index in [0.29, 0.717) is 0 Å². The second kappa shape index (κ2) is 24.9. The van der Waals surface area contributed by atoms with E-state index in [-0.39, 0.29) is 0 Å². The SMILES string of the molecule is Cc1cc(C)c(-c2ccc(-c3c(-c4ccccc4)c(-c4ccc(-c5ccc(C#Cc6ccccc6)cc5)cc4)c(-c4ccc(-c5ccc(C#Cc6ccccc6)cc5)cc4)c(-c4ccccc4)c3-c3ccc(-c4c(C)cc(C)cc4C)cc3)cc2)c(C)c1. The van der Waals surface area contributed by atoms with Crippen LogP contribution in [-0.2, 0) is 0 Å². The lowest BCUT2D eigenvalue weighted by atomic mass is 9.73. The van der Waals surface area contributed by atoms with Crippen LogP contribution in [0.3, 0.4) is 0 Å². The normalized spacial score (nSPS) is 10.9. The van der Waals surface area contributed by atoms with Crippen LogP contribution < -0.4 is 0 Å². The maximum absolute atomic E-state index is 3.37. The molecule has 418 valence electrons. The first-order valence-electron chi connectivity index (χ1n) is 30.4. The molecular weight excluding hydrogens is 1060 g/mol. The Kier molecular flexibility index (Phi) is 15.9. The monoisotopic (exact) mass is 1120 g/mol. The summed E-state index contributed by atoms with van der Waals surface area (Å²) in [4.78, 5) is 0. The van der Waals surface area contributed by atoms with E-state index < -0.39 is 0 Å². The lowest BCUT2D eigenvalue weighted by molar-refractivity contribution is 1.32. The molecular formula is C88H66. The molecule has 0 heteroatoms. The van der Waals surface area contributed by atoms with Crippen LogP contribution in [0.2, 0.25) is 0 Å². The van der Waals surface area contributed by atoms with E-state index >= 15 is 0 Å². The molecule has 0 bridgehead atoms. The fourth-order valence-electron chi connectivity index (χ4n) is 13.1. The molecule has 13 aromatic carbocycles. The van der Waals surface area contributed by atoms with Gasteiger partial charge in [-0.2, -0.15) is 0 Å². The van der Waals surface area contributed by atoms with Gasteiger partial charge in [-0.1, -0.05) is 277 Å². The first kappa shape index (κ1) is 56.1. The molecule has 0 aromatic heterocycles. The minimum absolute atomic E-state index is 0.978. The van der Waals surface area contributed by atoms with Crippen LogP contribution in [0.1, 0.15) is 55.6 Å². The van der Waals surface area contributed by atoms with E-state index in [1.807, 2.05) is 60.7 Å². The van der Waals surface area contributed by atoms with Crippen molar-refractivity contribution in [3.63, 3.8) is 0 Å². The van der Waals surface area contributed by atoms with Gasteiger partial charge in [-0.15, -0.1) is 0 Å². The highest BCUT2D eigenvalue weighted by atomic mass is 14.3. The summed E-state index contributed by atoms with van der Waals surface area (Å²) in [5.74, 6) is 13.4. The van der Waals surface area contributed by atoms with Gasteiger partial charge in [0.25, 0.3) is 0 Å². The molecule has 0 N–H and O–H groups in total. The van der Waals surface area contributed by atoms with Crippen LogP contribution in [0.5, 0.6) is 0 Å². The minimum Gasteiger partial charge on any atom is -0.0622 e. The standard InChI is InChI=1S/C88H66/c1-59-55-61(3)81(62(4)56-59)75-47-51-79(52-48-75)87-83(73-23-15-9-16-24-73)85(77-43-39-71(40-44-77)69-35-31-67(32-36-69)29-27-65-19-11-7-12-20-65)86(78-45-41-72(42-46-78)70-37-33-68(34-38-70)30-28-66-21-13-8-14-22-66)84(74-25-17-10-18-26-74)88(87)80-53-49-76(50-54-80)82-63(5)57-60(2)58-64(82)6/h7-26,31-58H,1-6H3. The van der Waals surface area contributed by atoms with Crippen molar-refractivity contribution in [1.82, 2.24) is 0 Å². The average Bonchev–Trinajstić information content (AvgIpc) is 0.737. The second-order valence-electron chi connectivity index (χ2n) is 23.2. The molecule has 0 aliphatic carbocycles. The van der Waals surface area contributed by atoms with Gasteiger partial charge in [0.1, 0.15) is 0 Å². The van der Waals surface area contributed by atoms with Crippen molar-refractivity contribution < 1.29 is 0 Å². The first-order chi connectivity index (χ1) is 43.1. The molecule has 0 fully saturated rings. The van der Waals surface area contributed by atoms with Crippen molar-refractivity contribution in [3.05, 3.63) is 347 Å². The molecule has 0 heterocycles. The summed E-state index contributed by atoms with van der Waals surface area (Å²) in [6.45, 7) is 13.3. The van der Waals surface area contributed by atoms with Gasteiger partial charge in [-0.25, -0.2) is 0 Å². The summed E-state index contributed by atoms with van der Waals surface area (Å²) in [6.07, 6.45) is 0. The van der Waals surface area contributed by atoms with Crippen LogP contribution >= 0.6 is 0 Å². The van der Waals surface area contributed by atoms with Crippen molar-refractivity contribution in [2.24, 2.45) is 0 Å². The molecule has 0 spiro atoms. The maximum atomic E-state index is 3.37. The number of hydrogen-bond donors (Lipinski definition) is 0. The molecule has 0 aliphatic rings. The summed E-state index contributed by atoms with van der Waals surface area (Å²) < 4.78 is 0. The zero-order chi connectivity index (χ0) is 60.1. The highest BCUT2D eigenvalue weighted by molar-refractivity contribution is 6.15. The summed E-state index contributed by atoms with van der Waals surface area (Å²) in [5.41, 5.74) is 34.9. The smallest absolute Gasteiger partial charge is 0.0249 e. The van der Waals surface area contributed by atoms with Crippen LogP contribution in [0.4, 0.5) is 0 Å². The van der Waals surface area contributed by atoms with Crippen LogP contribution in [0.15, 0.2) is 291 Å². The number of hydrogen-bond acceptors (Lipinski definition) is 0. The number of aryl methyl sites for hydroxylation is 6. The molecule has 0 aliphatic heterocycles. The van der Waals surface area contributed by atoms with Crippen molar-refractivity contribution in [1.29, 1.82) is 0 Å². The molecule has 0 amide bonds. The van der Waals surface area contributed by atoms with E-state index in [1.54, 1.807) is 0 Å². The fourth-order valence-corrected chi connectivity index (χ4v) is 13.1. The van der Waals surface area contributed by atoms with Crippen molar-refractivity contribution in [2.75, 3.05) is 0 Å². The van der Waals surface area contributed by atoms with E-state index in [9.17, 15) is 0 Å². The van der Waals surface area contributed by atoms with Crippen molar-refractivity contribution in [3.8, 4) is 135 Å². The molecule has 0 nitrogen and oxygen atoms in total. The summed E-state index contributed by atoms with van der Waals surface area (Å²) in [7, 11) is 0. The van der Waals surface area contributed by atoms with E-state index in [4.69, 9.17) is 0 Å². The Balaban J connectivity index is 1.07. The third-order valence-corrected chi connectivity index (χ3v) is 16.9. The van der Waals surface area contributed by atoms with E-state index in [0.717, 1.165) is 89.0 Å². The molecule has 88 heavy (non-hydrogen) atoms. The molecule has 0 saturated carbocycles. The van der Waals surface area contributed by atoms with Crippen LogP contribution in [0.25, 0.3) is 111 Å². The van der Waals surface area contributed by atoms with Gasteiger partial charge < -0.3 is 0 Å². The molecule has 0 saturated heterocycles. The Morgan fingerprint density at radius 1 is 0.159 bits per heavy atom. The second-order valence-corrected chi connectivity index (χ2v) is 23.2. The quantitative estimate of drug-likeness (QED) is 0.120. The topological polar surface area (TPSA) is 0 Å². The lowest BCUT2D eigenvalue weighted by Crippen LogP contribution is -2.02. The number of benzene rings is 13. The summed E-state index contributed by atoms with van der Waals surface area (Å²) in [5, 5.41) is 0. The molecule has 13 rings (SSSR count). The Hall–Kier alpha value is -11.0. The first-order valence-corrected chi connectivity index (χ1v) is 30.4. The minimum atomic E-state index is 0.978. The molecule has 0 unspecified atom stereocenters. The third-order valence-electron chi connectivity index (χ3n) is 16.9. The zero-order valence-electron chi connectivity index (χ0n) is 50.7. The van der Waals surface area contributed by atoms with Gasteiger partial charge in [0, 0.05) is 22.3 Å². The van der Waals surface area contributed by atoms with Gasteiger partial charge in [0.2, 0.25) is 0 Å². The highest BCUT2D eigenvalue weighted by Gasteiger charge is 2.30. The van der Waals surface area contributed by atoms with E-state index in [1.165, 1.54) is 77.9 Å².